The summed E-state index contributed by atoms with van der Waals surface area (Å²) >= 11 is 0. The zero-order valence-corrected chi connectivity index (χ0v) is 34.3. The summed E-state index contributed by atoms with van der Waals surface area (Å²) in [5.41, 5.74) is 0. The molecular formula is C47H78O6. The average Bonchev–Trinajstić information content (AvgIpc) is 3.15. The summed E-state index contributed by atoms with van der Waals surface area (Å²) in [7, 11) is 0. The Hall–Kier alpha value is -3.15. The van der Waals surface area contributed by atoms with E-state index in [1.807, 2.05) is 6.08 Å². The molecule has 0 aliphatic rings. The Morgan fingerprint density at radius 1 is 0.396 bits per heavy atom. The van der Waals surface area contributed by atoms with Gasteiger partial charge in [0, 0.05) is 19.3 Å². The number of rotatable bonds is 37. The molecule has 0 fully saturated rings. The molecule has 0 bridgehead atoms. The predicted octanol–water partition coefficient (Wildman–Crippen LogP) is 13.5. The smallest absolute Gasteiger partial charge is 0.306 e. The van der Waals surface area contributed by atoms with Gasteiger partial charge in [0.25, 0.3) is 0 Å². The second kappa shape index (κ2) is 41.6. The predicted molar refractivity (Wildman–Crippen MR) is 224 cm³/mol. The molecule has 0 aromatic rings. The quantitative estimate of drug-likeness (QED) is 0.0273. The van der Waals surface area contributed by atoms with Crippen molar-refractivity contribution in [2.45, 2.75) is 194 Å². The normalized spacial score (nSPS) is 12.7. The first-order valence-electron chi connectivity index (χ1n) is 21.4. The van der Waals surface area contributed by atoms with Gasteiger partial charge in [-0.2, -0.15) is 0 Å². The van der Waals surface area contributed by atoms with E-state index in [0.717, 1.165) is 83.5 Å². The van der Waals surface area contributed by atoms with Gasteiger partial charge in [-0.3, -0.25) is 14.4 Å². The van der Waals surface area contributed by atoms with Gasteiger partial charge in [0.2, 0.25) is 0 Å². The van der Waals surface area contributed by atoms with Gasteiger partial charge in [0.1, 0.15) is 13.2 Å². The zero-order chi connectivity index (χ0) is 38.7. The van der Waals surface area contributed by atoms with Crippen LogP contribution in [0.1, 0.15) is 188 Å². The lowest BCUT2D eigenvalue weighted by molar-refractivity contribution is -0.166. The van der Waals surface area contributed by atoms with E-state index in [0.29, 0.717) is 19.3 Å². The molecule has 53 heavy (non-hydrogen) atoms. The largest absolute Gasteiger partial charge is 0.462 e. The lowest BCUT2D eigenvalue weighted by Gasteiger charge is -2.18. The van der Waals surface area contributed by atoms with Crippen LogP contribution in [0.2, 0.25) is 0 Å². The molecule has 6 nitrogen and oxygen atoms in total. The molecule has 0 radical (unpaired) electrons. The number of ether oxygens (including phenoxy) is 3. The minimum absolute atomic E-state index is 0.115. The molecule has 0 rings (SSSR count). The fourth-order valence-corrected chi connectivity index (χ4v) is 5.43. The number of hydrogen-bond acceptors (Lipinski definition) is 6. The number of carbonyl (C=O) groups excluding carboxylic acids is 3. The number of esters is 3. The van der Waals surface area contributed by atoms with Crippen LogP contribution in [0.3, 0.4) is 0 Å². The van der Waals surface area contributed by atoms with Crippen molar-refractivity contribution in [3.63, 3.8) is 0 Å². The zero-order valence-electron chi connectivity index (χ0n) is 34.3. The van der Waals surface area contributed by atoms with Crippen molar-refractivity contribution < 1.29 is 28.6 Å². The Labute approximate surface area is 325 Å². The maximum absolute atomic E-state index is 12.6. The fraction of sp³-hybridized carbons (Fsp3) is 0.681. The highest BCUT2D eigenvalue weighted by Crippen LogP contribution is 2.11. The standard InChI is InChI=1S/C47H78O6/c1-4-7-10-13-16-19-22-24-26-28-31-34-37-40-46(49)52-43-44(42-51-45(48)39-36-33-30-27-21-18-15-12-9-6-3)53-47(50)41-38-35-32-29-25-23-20-17-14-11-8-5-2/h8,11,15,17-18,20,24-26,29,31,34,44H,4-7,9-10,12-14,16,19,21-23,27-28,30,32-33,35-43H2,1-3H3/b11-8-,18-15-,20-17-,26-24-,29-25-,34-31-. The number of hydrogen-bond donors (Lipinski definition) is 0. The summed E-state index contributed by atoms with van der Waals surface area (Å²) in [6, 6.07) is 0. The van der Waals surface area contributed by atoms with Crippen LogP contribution in [-0.2, 0) is 28.6 Å². The van der Waals surface area contributed by atoms with Gasteiger partial charge in [-0.1, -0.05) is 151 Å². The van der Waals surface area contributed by atoms with Crippen molar-refractivity contribution in [1.29, 1.82) is 0 Å². The van der Waals surface area contributed by atoms with E-state index in [1.54, 1.807) is 0 Å². The van der Waals surface area contributed by atoms with Crippen LogP contribution in [-0.4, -0.2) is 37.2 Å². The van der Waals surface area contributed by atoms with Gasteiger partial charge in [-0.05, 0) is 89.9 Å². The Balaban J connectivity index is 4.54. The second-order valence-corrected chi connectivity index (χ2v) is 13.9. The van der Waals surface area contributed by atoms with Gasteiger partial charge in [0.05, 0.1) is 0 Å². The summed E-state index contributed by atoms with van der Waals surface area (Å²) in [6.07, 6.45) is 50.5. The highest BCUT2D eigenvalue weighted by Gasteiger charge is 2.19. The molecule has 0 saturated carbocycles. The first kappa shape index (κ1) is 49.9. The van der Waals surface area contributed by atoms with E-state index in [4.69, 9.17) is 14.2 Å². The van der Waals surface area contributed by atoms with E-state index in [-0.39, 0.29) is 44.0 Å². The molecule has 1 atom stereocenters. The Morgan fingerprint density at radius 3 is 1.38 bits per heavy atom. The van der Waals surface area contributed by atoms with E-state index in [9.17, 15) is 14.4 Å². The first-order chi connectivity index (χ1) is 26.0. The first-order valence-corrected chi connectivity index (χ1v) is 21.4. The van der Waals surface area contributed by atoms with Crippen LogP contribution in [0.15, 0.2) is 72.9 Å². The van der Waals surface area contributed by atoms with E-state index < -0.39 is 6.10 Å². The average molecular weight is 739 g/mol. The number of carbonyl (C=O) groups is 3. The van der Waals surface area contributed by atoms with Crippen LogP contribution in [0.4, 0.5) is 0 Å². The molecule has 0 amide bonds. The highest BCUT2D eigenvalue weighted by molar-refractivity contribution is 5.71. The summed E-state index contributed by atoms with van der Waals surface area (Å²) in [5, 5.41) is 0. The second-order valence-electron chi connectivity index (χ2n) is 13.9. The van der Waals surface area contributed by atoms with Crippen molar-refractivity contribution in [1.82, 2.24) is 0 Å². The molecule has 6 heteroatoms. The fourth-order valence-electron chi connectivity index (χ4n) is 5.43. The molecule has 0 aliphatic heterocycles. The van der Waals surface area contributed by atoms with Gasteiger partial charge >= 0.3 is 17.9 Å². The lowest BCUT2D eigenvalue weighted by atomic mass is 10.1. The minimum atomic E-state index is -0.818. The summed E-state index contributed by atoms with van der Waals surface area (Å²) in [4.78, 5) is 37.5. The molecule has 0 heterocycles. The van der Waals surface area contributed by atoms with Crippen LogP contribution in [0, 0.1) is 0 Å². The Morgan fingerprint density at radius 2 is 0.792 bits per heavy atom. The molecule has 0 spiro atoms. The van der Waals surface area contributed by atoms with Crippen LogP contribution < -0.4 is 0 Å². The highest BCUT2D eigenvalue weighted by atomic mass is 16.6. The minimum Gasteiger partial charge on any atom is -0.462 e. The molecule has 302 valence electrons. The molecule has 0 N–H and O–H groups in total. The third kappa shape index (κ3) is 39.9. The van der Waals surface area contributed by atoms with Crippen LogP contribution in [0.5, 0.6) is 0 Å². The molecular weight excluding hydrogens is 661 g/mol. The van der Waals surface area contributed by atoms with E-state index in [2.05, 4.69) is 87.6 Å². The van der Waals surface area contributed by atoms with Crippen LogP contribution >= 0.6 is 0 Å². The van der Waals surface area contributed by atoms with Crippen molar-refractivity contribution in [3.05, 3.63) is 72.9 Å². The topological polar surface area (TPSA) is 78.9 Å². The molecule has 0 saturated heterocycles. The Kier molecular flexibility index (Phi) is 39.1. The molecule has 0 aromatic heterocycles. The van der Waals surface area contributed by atoms with Crippen molar-refractivity contribution in [2.75, 3.05) is 13.2 Å². The van der Waals surface area contributed by atoms with Gasteiger partial charge < -0.3 is 14.2 Å². The Bertz CT molecular complexity index is 1030. The van der Waals surface area contributed by atoms with Gasteiger partial charge in [-0.15, -0.1) is 0 Å². The lowest BCUT2D eigenvalue weighted by Crippen LogP contribution is -2.30. The SMILES string of the molecule is CC/C=C\C/C=C\C/C=C\CCCCC(=O)OC(COC(=O)CC/C=C\C/C=C\CCCCCCCC)COC(=O)CCCCCC/C=C\CCCC. The van der Waals surface area contributed by atoms with E-state index in [1.165, 1.54) is 51.4 Å². The molecule has 1 unspecified atom stereocenters. The van der Waals surface area contributed by atoms with Crippen LogP contribution in [0.25, 0.3) is 0 Å². The third-order valence-corrected chi connectivity index (χ3v) is 8.68. The maximum atomic E-state index is 12.6. The number of unbranched alkanes of at least 4 members (excludes halogenated alkanes) is 14. The summed E-state index contributed by atoms with van der Waals surface area (Å²) < 4.78 is 16.5. The van der Waals surface area contributed by atoms with E-state index >= 15 is 0 Å². The molecule has 0 aromatic carbocycles. The van der Waals surface area contributed by atoms with Crippen molar-refractivity contribution >= 4 is 17.9 Å². The van der Waals surface area contributed by atoms with Crippen molar-refractivity contribution in [2.24, 2.45) is 0 Å². The van der Waals surface area contributed by atoms with Gasteiger partial charge in [0.15, 0.2) is 6.10 Å². The summed E-state index contributed by atoms with van der Waals surface area (Å²) in [5.74, 6) is -1.05. The number of allylic oxidation sites excluding steroid dienone is 12. The third-order valence-electron chi connectivity index (χ3n) is 8.68. The maximum Gasteiger partial charge on any atom is 0.306 e. The molecule has 0 aliphatic carbocycles. The summed E-state index contributed by atoms with van der Waals surface area (Å²) in [6.45, 7) is 6.34. The van der Waals surface area contributed by atoms with Crippen molar-refractivity contribution in [3.8, 4) is 0 Å². The monoisotopic (exact) mass is 739 g/mol. The van der Waals surface area contributed by atoms with Gasteiger partial charge in [-0.25, -0.2) is 0 Å².